The second kappa shape index (κ2) is 9.03. The van der Waals surface area contributed by atoms with Crippen LogP contribution in [-0.2, 0) is 14.2 Å². The van der Waals surface area contributed by atoms with Crippen molar-refractivity contribution in [2.24, 2.45) is 0 Å². The van der Waals surface area contributed by atoms with Crippen LogP contribution >= 0.6 is 0 Å². The Morgan fingerprint density at radius 3 is 1.57 bits per heavy atom. The topological polar surface area (TPSA) is 27.7 Å². The molecule has 0 aliphatic heterocycles. The molecule has 0 aromatic carbocycles. The Labute approximate surface area is 88.0 Å². The Kier molecular flexibility index (Phi) is 10.3. The first kappa shape index (κ1) is 15.9. The SMILES string of the molecule is CCC(C)(OC)OC.COC=C(C)C. The lowest BCUT2D eigenvalue weighted by Crippen LogP contribution is -2.27. The molecule has 0 amide bonds. The van der Waals surface area contributed by atoms with E-state index in [-0.39, 0.29) is 5.79 Å². The van der Waals surface area contributed by atoms with Gasteiger partial charge in [-0.05, 0) is 32.8 Å². The van der Waals surface area contributed by atoms with E-state index < -0.39 is 0 Å². The lowest BCUT2D eigenvalue weighted by Gasteiger charge is -2.23. The third-order valence-corrected chi connectivity index (χ3v) is 1.86. The van der Waals surface area contributed by atoms with Crippen LogP contribution in [0.15, 0.2) is 11.8 Å². The summed E-state index contributed by atoms with van der Waals surface area (Å²) in [6, 6.07) is 0. The molecule has 0 heterocycles. The van der Waals surface area contributed by atoms with Crippen LogP contribution in [0.5, 0.6) is 0 Å². The van der Waals surface area contributed by atoms with Gasteiger partial charge in [0.05, 0.1) is 13.4 Å². The van der Waals surface area contributed by atoms with Crippen molar-refractivity contribution in [1.82, 2.24) is 0 Å². The van der Waals surface area contributed by atoms with Crippen LogP contribution in [0.1, 0.15) is 34.1 Å². The van der Waals surface area contributed by atoms with Crippen molar-refractivity contribution in [2.75, 3.05) is 21.3 Å². The summed E-state index contributed by atoms with van der Waals surface area (Å²) < 4.78 is 14.7. The minimum Gasteiger partial charge on any atom is -0.504 e. The highest BCUT2D eigenvalue weighted by Gasteiger charge is 2.18. The lowest BCUT2D eigenvalue weighted by molar-refractivity contribution is -0.194. The van der Waals surface area contributed by atoms with Crippen molar-refractivity contribution in [1.29, 1.82) is 0 Å². The van der Waals surface area contributed by atoms with Gasteiger partial charge in [-0.15, -0.1) is 0 Å². The van der Waals surface area contributed by atoms with Crippen molar-refractivity contribution in [2.45, 2.75) is 39.9 Å². The average molecular weight is 204 g/mol. The molecule has 0 aliphatic carbocycles. The second-order valence-corrected chi connectivity index (χ2v) is 3.33. The molecular formula is C11H24O3. The Morgan fingerprint density at radius 1 is 1.14 bits per heavy atom. The molecule has 3 nitrogen and oxygen atoms in total. The minimum absolute atomic E-state index is 0.375. The van der Waals surface area contributed by atoms with Crippen molar-refractivity contribution < 1.29 is 14.2 Å². The molecule has 0 fully saturated rings. The Bertz CT molecular complexity index is 136. The number of hydrogen-bond donors (Lipinski definition) is 0. The molecule has 0 atom stereocenters. The molecule has 0 saturated carbocycles. The fourth-order valence-corrected chi connectivity index (χ4v) is 0.608. The molecule has 3 heteroatoms. The maximum absolute atomic E-state index is 5.01. The Hall–Kier alpha value is -0.540. The quantitative estimate of drug-likeness (QED) is 0.520. The van der Waals surface area contributed by atoms with Gasteiger partial charge in [-0.25, -0.2) is 0 Å². The fourth-order valence-electron chi connectivity index (χ4n) is 0.608. The average Bonchev–Trinajstić information content (AvgIpc) is 2.17. The number of hydrogen-bond acceptors (Lipinski definition) is 3. The lowest BCUT2D eigenvalue weighted by atomic mass is 10.2. The monoisotopic (exact) mass is 204 g/mol. The largest absolute Gasteiger partial charge is 0.504 e. The zero-order valence-corrected chi connectivity index (χ0v) is 10.5. The van der Waals surface area contributed by atoms with Gasteiger partial charge in [0.2, 0.25) is 0 Å². The van der Waals surface area contributed by atoms with E-state index in [0.717, 1.165) is 6.42 Å². The molecule has 86 valence electrons. The molecule has 0 spiro atoms. The predicted octanol–water partition coefficient (Wildman–Crippen LogP) is 2.96. The summed E-state index contributed by atoms with van der Waals surface area (Å²) in [4.78, 5) is 0. The number of allylic oxidation sites excluding steroid dienone is 1. The molecule has 0 aliphatic rings. The van der Waals surface area contributed by atoms with Crippen LogP contribution in [0, 0.1) is 0 Å². The van der Waals surface area contributed by atoms with E-state index in [1.165, 1.54) is 5.57 Å². The van der Waals surface area contributed by atoms with Gasteiger partial charge in [0.1, 0.15) is 0 Å². The molecule has 0 radical (unpaired) electrons. The predicted molar refractivity (Wildman–Crippen MR) is 59.2 cm³/mol. The molecule has 14 heavy (non-hydrogen) atoms. The van der Waals surface area contributed by atoms with E-state index in [9.17, 15) is 0 Å². The van der Waals surface area contributed by atoms with Crippen LogP contribution < -0.4 is 0 Å². The van der Waals surface area contributed by atoms with E-state index >= 15 is 0 Å². The summed E-state index contributed by atoms with van der Waals surface area (Å²) >= 11 is 0. The standard InChI is InChI=1S/C6H14O2.C5H10O/c1-5-6(2,7-3)8-4;1-5(2)4-6-3/h5H2,1-4H3;4H,1-3H3. The third-order valence-electron chi connectivity index (χ3n) is 1.86. The third kappa shape index (κ3) is 9.55. The van der Waals surface area contributed by atoms with Gasteiger partial charge in [0, 0.05) is 14.2 Å². The van der Waals surface area contributed by atoms with Crippen LogP contribution in [0.3, 0.4) is 0 Å². The van der Waals surface area contributed by atoms with E-state index in [0.29, 0.717) is 0 Å². The molecule has 0 aromatic heterocycles. The summed E-state index contributed by atoms with van der Waals surface area (Å²) in [5.74, 6) is -0.375. The first-order valence-corrected chi connectivity index (χ1v) is 4.72. The maximum atomic E-state index is 5.01. The highest BCUT2D eigenvalue weighted by molar-refractivity contribution is 4.85. The highest BCUT2D eigenvalue weighted by atomic mass is 16.7. The molecule has 0 rings (SSSR count). The molecule has 0 saturated heterocycles. The van der Waals surface area contributed by atoms with E-state index in [4.69, 9.17) is 9.47 Å². The first-order chi connectivity index (χ1) is 6.45. The smallest absolute Gasteiger partial charge is 0.164 e. The Morgan fingerprint density at radius 2 is 1.57 bits per heavy atom. The zero-order chi connectivity index (χ0) is 11.6. The van der Waals surface area contributed by atoms with Crippen molar-refractivity contribution in [3.63, 3.8) is 0 Å². The Balaban J connectivity index is 0. The second-order valence-electron chi connectivity index (χ2n) is 3.33. The van der Waals surface area contributed by atoms with E-state index in [1.54, 1.807) is 27.6 Å². The fraction of sp³-hybridized carbons (Fsp3) is 0.818. The van der Waals surface area contributed by atoms with Crippen LogP contribution in [0.25, 0.3) is 0 Å². The summed E-state index contributed by atoms with van der Waals surface area (Å²) in [6.45, 7) is 7.91. The van der Waals surface area contributed by atoms with Gasteiger partial charge >= 0.3 is 0 Å². The molecule has 0 unspecified atom stereocenters. The van der Waals surface area contributed by atoms with Gasteiger partial charge in [0.25, 0.3) is 0 Å². The van der Waals surface area contributed by atoms with Crippen LogP contribution in [0.4, 0.5) is 0 Å². The van der Waals surface area contributed by atoms with Crippen molar-refractivity contribution >= 4 is 0 Å². The van der Waals surface area contributed by atoms with Crippen molar-refractivity contribution in [3.8, 4) is 0 Å². The number of ether oxygens (including phenoxy) is 3. The normalized spacial score (nSPS) is 9.93. The summed E-state index contributed by atoms with van der Waals surface area (Å²) in [5.41, 5.74) is 1.19. The minimum atomic E-state index is -0.375. The summed E-state index contributed by atoms with van der Waals surface area (Å²) in [7, 11) is 4.94. The number of methoxy groups -OCH3 is 3. The molecular weight excluding hydrogens is 180 g/mol. The molecule has 0 aromatic rings. The zero-order valence-electron chi connectivity index (χ0n) is 10.5. The van der Waals surface area contributed by atoms with Crippen molar-refractivity contribution in [3.05, 3.63) is 11.8 Å². The van der Waals surface area contributed by atoms with Crippen LogP contribution in [-0.4, -0.2) is 27.1 Å². The van der Waals surface area contributed by atoms with E-state index in [1.807, 2.05) is 27.7 Å². The van der Waals surface area contributed by atoms with E-state index in [2.05, 4.69) is 4.74 Å². The summed E-state index contributed by atoms with van der Waals surface area (Å²) in [5, 5.41) is 0. The highest BCUT2D eigenvalue weighted by Crippen LogP contribution is 2.12. The first-order valence-electron chi connectivity index (χ1n) is 4.72. The van der Waals surface area contributed by atoms with Gasteiger partial charge in [-0.2, -0.15) is 0 Å². The van der Waals surface area contributed by atoms with Crippen LogP contribution in [0.2, 0.25) is 0 Å². The molecule has 0 bridgehead atoms. The maximum Gasteiger partial charge on any atom is 0.164 e. The summed E-state index contributed by atoms with van der Waals surface area (Å²) in [6.07, 6.45) is 2.58. The van der Waals surface area contributed by atoms with Gasteiger partial charge in [0.15, 0.2) is 5.79 Å². The van der Waals surface area contributed by atoms with Gasteiger partial charge < -0.3 is 14.2 Å². The molecule has 0 N–H and O–H groups in total. The number of rotatable bonds is 4. The van der Waals surface area contributed by atoms with Gasteiger partial charge in [-0.3, -0.25) is 0 Å². The van der Waals surface area contributed by atoms with Gasteiger partial charge in [-0.1, -0.05) is 6.92 Å².